The van der Waals surface area contributed by atoms with E-state index in [2.05, 4.69) is 13.8 Å². The van der Waals surface area contributed by atoms with Gasteiger partial charge in [-0.15, -0.1) is 0 Å². The molecule has 0 N–H and O–H groups in total. The molecule has 0 atom stereocenters. The molecule has 0 aliphatic carbocycles. The molecule has 1 heterocycles. The molecule has 0 amide bonds. The average Bonchev–Trinajstić information content (AvgIpc) is 2.34. The molecule has 18 heavy (non-hydrogen) atoms. The largest absolute Gasteiger partial charge is 0.508 e. The Labute approximate surface area is 108 Å². The summed E-state index contributed by atoms with van der Waals surface area (Å²) in [5.41, 5.74) is -0.881. The minimum absolute atomic E-state index is 0.0234. The summed E-state index contributed by atoms with van der Waals surface area (Å²) in [6.45, 7) is 5.86. The third-order valence-electron chi connectivity index (χ3n) is 3.00. The summed E-state index contributed by atoms with van der Waals surface area (Å²) < 4.78 is 15.0. The van der Waals surface area contributed by atoms with Crippen LogP contribution in [0.1, 0.15) is 46.5 Å². The Morgan fingerprint density at radius 1 is 1.28 bits per heavy atom. The average molecular weight is 258 g/mol. The van der Waals surface area contributed by atoms with E-state index in [1.165, 1.54) is 0 Å². The number of ether oxygens (including phenoxy) is 3. The van der Waals surface area contributed by atoms with Crippen molar-refractivity contribution < 1.29 is 23.8 Å². The molecule has 1 aliphatic rings. The summed E-state index contributed by atoms with van der Waals surface area (Å²) in [6.07, 6.45) is 2.88. The summed E-state index contributed by atoms with van der Waals surface area (Å²) in [5.74, 6) is -0.345. The van der Waals surface area contributed by atoms with Crippen LogP contribution in [0.25, 0.3) is 0 Å². The molecule has 0 aromatic carbocycles. The monoisotopic (exact) mass is 258 g/mol. The lowest BCUT2D eigenvalue weighted by Crippen LogP contribution is -2.45. The van der Waals surface area contributed by atoms with Crippen molar-refractivity contribution in [3.05, 3.63) is 0 Å². The molecule has 0 aromatic rings. The number of carbonyl (C=O) groups excluding carboxylic acids is 2. The number of esters is 1. The number of cyclic esters (lactones) is 2. The third kappa shape index (κ3) is 3.89. The Bertz CT molecular complexity index is 284. The first-order valence-corrected chi connectivity index (χ1v) is 6.52. The van der Waals surface area contributed by atoms with Crippen LogP contribution in [-0.2, 0) is 19.0 Å². The quantitative estimate of drug-likeness (QED) is 0.685. The van der Waals surface area contributed by atoms with E-state index in [0.717, 1.165) is 25.7 Å². The molecule has 1 saturated heterocycles. The number of hydrogen-bond donors (Lipinski definition) is 0. The van der Waals surface area contributed by atoms with E-state index in [-0.39, 0.29) is 25.3 Å². The van der Waals surface area contributed by atoms with E-state index in [9.17, 15) is 9.59 Å². The number of rotatable bonds is 6. The highest BCUT2D eigenvalue weighted by molar-refractivity contribution is 5.78. The van der Waals surface area contributed by atoms with Crippen LogP contribution in [0.15, 0.2) is 0 Å². The normalized spacial score (nSPS) is 18.1. The van der Waals surface area contributed by atoms with Crippen LogP contribution in [0.2, 0.25) is 0 Å². The molecule has 5 heteroatoms. The van der Waals surface area contributed by atoms with Crippen LogP contribution < -0.4 is 0 Å². The highest BCUT2D eigenvalue weighted by Crippen LogP contribution is 2.26. The smallest absolute Gasteiger partial charge is 0.462 e. The van der Waals surface area contributed by atoms with Gasteiger partial charge in [0.1, 0.15) is 24.7 Å². The first kappa shape index (κ1) is 14.8. The standard InChI is InChI=1S/C13H22O5/c1-4-6-10(7-5-2)18-11(14)13(3)8-16-12(15)17-9-13/h10H,4-9H2,1-3H3. The zero-order chi connectivity index (χ0) is 13.6. The second-order valence-electron chi connectivity index (χ2n) is 4.99. The topological polar surface area (TPSA) is 61.8 Å². The lowest BCUT2D eigenvalue weighted by molar-refractivity contribution is -0.172. The summed E-state index contributed by atoms with van der Waals surface area (Å²) in [6, 6.07) is 0. The fourth-order valence-electron chi connectivity index (χ4n) is 1.84. The van der Waals surface area contributed by atoms with Crippen molar-refractivity contribution in [2.24, 2.45) is 5.41 Å². The van der Waals surface area contributed by atoms with Gasteiger partial charge in [-0.25, -0.2) is 4.79 Å². The van der Waals surface area contributed by atoms with Gasteiger partial charge in [0.15, 0.2) is 0 Å². The molecule has 0 spiro atoms. The first-order valence-electron chi connectivity index (χ1n) is 6.52. The lowest BCUT2D eigenvalue weighted by atomic mass is 9.92. The van der Waals surface area contributed by atoms with Crippen molar-refractivity contribution in [3.8, 4) is 0 Å². The Morgan fingerprint density at radius 3 is 2.22 bits per heavy atom. The maximum absolute atomic E-state index is 12.1. The molecular formula is C13H22O5. The van der Waals surface area contributed by atoms with E-state index in [1.54, 1.807) is 6.92 Å². The molecule has 0 saturated carbocycles. The van der Waals surface area contributed by atoms with E-state index in [0.29, 0.717) is 0 Å². The van der Waals surface area contributed by atoms with Crippen LogP contribution in [-0.4, -0.2) is 31.4 Å². The van der Waals surface area contributed by atoms with Crippen molar-refractivity contribution in [3.63, 3.8) is 0 Å². The Kier molecular flexibility index (Phi) is 5.44. The number of carbonyl (C=O) groups is 2. The molecule has 1 fully saturated rings. The van der Waals surface area contributed by atoms with Crippen molar-refractivity contribution in [1.82, 2.24) is 0 Å². The van der Waals surface area contributed by atoms with Crippen molar-refractivity contribution in [1.29, 1.82) is 0 Å². The van der Waals surface area contributed by atoms with Gasteiger partial charge >= 0.3 is 12.1 Å². The van der Waals surface area contributed by atoms with Gasteiger partial charge in [0.2, 0.25) is 0 Å². The van der Waals surface area contributed by atoms with Gasteiger partial charge in [-0.05, 0) is 19.8 Å². The van der Waals surface area contributed by atoms with E-state index < -0.39 is 11.6 Å². The minimum atomic E-state index is -0.881. The summed E-state index contributed by atoms with van der Waals surface area (Å²) in [7, 11) is 0. The van der Waals surface area contributed by atoms with Gasteiger partial charge in [0.25, 0.3) is 0 Å². The van der Waals surface area contributed by atoms with Crippen molar-refractivity contribution >= 4 is 12.1 Å². The fraction of sp³-hybridized carbons (Fsp3) is 0.846. The second-order valence-corrected chi connectivity index (χ2v) is 4.99. The van der Waals surface area contributed by atoms with Crippen LogP contribution in [0.4, 0.5) is 4.79 Å². The molecule has 0 radical (unpaired) electrons. The van der Waals surface area contributed by atoms with Gasteiger partial charge in [0.05, 0.1) is 0 Å². The molecular weight excluding hydrogens is 236 g/mol. The van der Waals surface area contributed by atoms with Gasteiger partial charge in [-0.3, -0.25) is 4.79 Å². The summed E-state index contributed by atoms with van der Waals surface area (Å²) >= 11 is 0. The molecule has 0 unspecified atom stereocenters. The molecule has 5 nitrogen and oxygen atoms in total. The molecule has 1 aliphatic heterocycles. The zero-order valence-corrected chi connectivity index (χ0v) is 11.4. The predicted molar refractivity (Wildman–Crippen MR) is 65.1 cm³/mol. The van der Waals surface area contributed by atoms with Gasteiger partial charge in [0, 0.05) is 0 Å². The predicted octanol–water partition coefficient (Wildman–Crippen LogP) is 2.67. The molecule has 104 valence electrons. The molecule has 1 rings (SSSR count). The van der Waals surface area contributed by atoms with Crippen LogP contribution >= 0.6 is 0 Å². The van der Waals surface area contributed by atoms with Crippen LogP contribution in [0.5, 0.6) is 0 Å². The second kappa shape index (κ2) is 6.61. The highest BCUT2D eigenvalue weighted by atomic mass is 16.7. The van der Waals surface area contributed by atoms with E-state index in [1.807, 2.05) is 0 Å². The summed E-state index contributed by atoms with van der Waals surface area (Å²) in [4.78, 5) is 22.9. The number of hydrogen-bond acceptors (Lipinski definition) is 5. The maximum atomic E-state index is 12.1. The SMILES string of the molecule is CCCC(CCC)OC(=O)C1(C)COC(=O)OC1. The Balaban J connectivity index is 2.54. The molecule has 0 bridgehead atoms. The third-order valence-corrected chi connectivity index (χ3v) is 3.00. The first-order chi connectivity index (χ1) is 8.51. The van der Waals surface area contributed by atoms with Crippen LogP contribution in [0, 0.1) is 5.41 Å². The zero-order valence-electron chi connectivity index (χ0n) is 11.4. The van der Waals surface area contributed by atoms with E-state index >= 15 is 0 Å². The maximum Gasteiger partial charge on any atom is 0.508 e. The van der Waals surface area contributed by atoms with Crippen molar-refractivity contribution in [2.45, 2.75) is 52.6 Å². The van der Waals surface area contributed by atoms with Crippen molar-refractivity contribution in [2.75, 3.05) is 13.2 Å². The van der Waals surface area contributed by atoms with Gasteiger partial charge < -0.3 is 14.2 Å². The van der Waals surface area contributed by atoms with Gasteiger partial charge in [-0.1, -0.05) is 26.7 Å². The van der Waals surface area contributed by atoms with E-state index in [4.69, 9.17) is 14.2 Å². The Hall–Kier alpha value is -1.26. The van der Waals surface area contributed by atoms with Crippen LogP contribution in [0.3, 0.4) is 0 Å². The highest BCUT2D eigenvalue weighted by Gasteiger charge is 2.42. The molecule has 0 aromatic heterocycles. The lowest BCUT2D eigenvalue weighted by Gasteiger charge is -2.31. The minimum Gasteiger partial charge on any atom is -0.462 e. The Morgan fingerprint density at radius 2 is 1.78 bits per heavy atom. The van der Waals surface area contributed by atoms with Gasteiger partial charge in [-0.2, -0.15) is 0 Å². The fourth-order valence-corrected chi connectivity index (χ4v) is 1.84. The summed E-state index contributed by atoms with van der Waals surface area (Å²) in [5, 5.41) is 0.